The zero-order valence-electron chi connectivity index (χ0n) is 41.5. The molecule has 0 bridgehead atoms. The third kappa shape index (κ3) is 10.1. The second-order valence-corrected chi connectivity index (χ2v) is 20.4. The molecule has 71 heavy (non-hydrogen) atoms. The smallest absolute Gasteiger partial charge is 0.411 e. The lowest BCUT2D eigenvalue weighted by molar-refractivity contribution is -0.438. The molecule has 0 spiro atoms. The Hall–Kier alpha value is -7.12. The molecule has 13 heteroatoms. The van der Waals surface area contributed by atoms with Gasteiger partial charge in [-0.25, -0.2) is 9.59 Å². The van der Waals surface area contributed by atoms with E-state index in [9.17, 15) is 29.6 Å². The third-order valence-corrected chi connectivity index (χ3v) is 15.3. The molecule has 0 saturated heterocycles. The summed E-state index contributed by atoms with van der Waals surface area (Å²) in [7, 11) is 1.27. The summed E-state index contributed by atoms with van der Waals surface area (Å²) in [6.07, 6.45) is 14.0. The molecule has 0 fully saturated rings. The summed E-state index contributed by atoms with van der Waals surface area (Å²) in [6, 6.07) is 29.9. The molecule has 1 atom stereocenters. The first-order valence-corrected chi connectivity index (χ1v) is 25.6. The number of carbonyl (C=O) groups is 3. The summed E-state index contributed by atoms with van der Waals surface area (Å²) in [5, 5.41) is 27.2. The molecule has 3 heterocycles. The van der Waals surface area contributed by atoms with E-state index in [1.807, 2.05) is 54.6 Å². The van der Waals surface area contributed by atoms with Crippen LogP contribution in [0, 0.1) is 10.1 Å². The van der Waals surface area contributed by atoms with Crippen LogP contribution in [-0.4, -0.2) is 76.0 Å². The van der Waals surface area contributed by atoms with Gasteiger partial charge in [0.05, 0.1) is 23.5 Å². The second kappa shape index (κ2) is 21.5. The fourth-order valence-electron chi connectivity index (χ4n) is 10.8. The number of carboxylic acid groups (broad SMARTS) is 1. The van der Waals surface area contributed by atoms with Crippen LogP contribution >= 0.6 is 11.3 Å². The number of ether oxygens (including phenoxy) is 1. The topological polar surface area (TPSA) is 145 Å². The Bertz CT molecular complexity index is 2900. The van der Waals surface area contributed by atoms with E-state index in [1.54, 1.807) is 23.5 Å². The number of non-ortho nitro benzene ring substituents is 1. The van der Waals surface area contributed by atoms with E-state index >= 15 is 0 Å². The molecule has 1 aliphatic carbocycles. The van der Waals surface area contributed by atoms with Crippen LogP contribution in [0.4, 0.5) is 21.9 Å². The van der Waals surface area contributed by atoms with Gasteiger partial charge in [-0.2, -0.15) is 4.58 Å². The molecular formula is C58H64N5O7S+. The number of rotatable bonds is 20. The minimum atomic E-state index is -1.13. The molecule has 2 N–H and O–H groups in total. The number of anilines is 1. The number of carbonyl (C=O) groups excluding carboxylic acids is 2. The number of allylic oxidation sites excluding steroid dienone is 6. The minimum absolute atomic E-state index is 0.0333. The lowest BCUT2D eigenvalue weighted by Gasteiger charge is -2.34. The first-order valence-electron chi connectivity index (χ1n) is 24.7. The van der Waals surface area contributed by atoms with Crippen LogP contribution in [0.3, 0.4) is 0 Å². The molecule has 0 saturated carbocycles. The average Bonchev–Trinajstić information content (AvgIpc) is 4.11. The first-order chi connectivity index (χ1) is 34.2. The summed E-state index contributed by atoms with van der Waals surface area (Å²) in [4.78, 5) is 55.3. The van der Waals surface area contributed by atoms with Gasteiger partial charge in [0.1, 0.15) is 12.6 Å². The normalized spacial score (nSPS) is 16.3. The van der Waals surface area contributed by atoms with Gasteiger partial charge in [0.2, 0.25) is 11.6 Å². The summed E-state index contributed by atoms with van der Waals surface area (Å²) in [5.74, 6) is -1.14. The van der Waals surface area contributed by atoms with Crippen LogP contribution in [0.15, 0.2) is 139 Å². The van der Waals surface area contributed by atoms with Crippen molar-refractivity contribution in [1.29, 1.82) is 0 Å². The number of nitrogens with one attached hydrogen (secondary N) is 1. The number of amides is 2. The maximum absolute atomic E-state index is 13.4. The minimum Gasteiger partial charge on any atom is -0.480 e. The van der Waals surface area contributed by atoms with Gasteiger partial charge in [-0.15, -0.1) is 11.3 Å². The summed E-state index contributed by atoms with van der Waals surface area (Å²) in [5.41, 5.74) is 11.0. The van der Waals surface area contributed by atoms with Crippen molar-refractivity contribution < 1.29 is 33.7 Å². The first kappa shape index (κ1) is 50.3. The number of thiophene rings is 1. The largest absolute Gasteiger partial charge is 0.480 e. The Morgan fingerprint density at radius 2 is 1.61 bits per heavy atom. The van der Waals surface area contributed by atoms with Gasteiger partial charge >= 0.3 is 12.1 Å². The molecule has 8 rings (SSSR count). The number of hydrogen-bond donors (Lipinski definition) is 2. The Kier molecular flexibility index (Phi) is 15.2. The van der Waals surface area contributed by atoms with E-state index in [2.05, 4.69) is 116 Å². The van der Waals surface area contributed by atoms with Crippen molar-refractivity contribution in [3.63, 3.8) is 0 Å². The molecule has 4 aromatic carbocycles. The van der Waals surface area contributed by atoms with E-state index in [-0.39, 0.29) is 28.4 Å². The monoisotopic (exact) mass is 974 g/mol. The lowest BCUT2D eigenvalue weighted by Crippen LogP contribution is -2.47. The highest BCUT2D eigenvalue weighted by molar-refractivity contribution is 7.13. The number of carboxylic acids is 1. The van der Waals surface area contributed by atoms with Crippen LogP contribution in [0.2, 0.25) is 0 Å². The van der Waals surface area contributed by atoms with Gasteiger partial charge < -0.3 is 20.1 Å². The molecule has 2 aliphatic heterocycles. The molecular weight excluding hydrogens is 911 g/mol. The van der Waals surface area contributed by atoms with E-state index < -0.39 is 29.6 Å². The standard InChI is InChI=1S/C58H63N5O7S/c1-7-60-47-33-31-40(63(68)69)38-46(47)58(4,5)51(60)27-10-8-11-28-52-57(2,3)45-37-39(50-26-20-36-71-50)30-32-48(45)61(52)35-19-9-12-29-53(64)59-34-18-17-25-49(55(65)66)62(56(67)70-6)54-43-23-15-13-21-41(43)42-22-14-16-24-44(42)54/h8,10-11,13-16,20-24,26-28,30-33,36-38,49,54H,7,9,12,17-19,25,29,34-35H2,1-6H3,(H-,59,64,65,66)/p+1. The SMILES string of the molecule is CCN1\C(=C/C=C/C=C/C2=[N+](CCCCCC(=O)NCCCCC(C(=O)O)N(C(=O)OC)C3c4ccccc4-c4ccccc43)c3ccc(-c4cccs4)cc3C2(C)C)C(C)(C)c2cc([N+](=O)[O-])ccc21. The predicted octanol–water partition coefficient (Wildman–Crippen LogP) is 12.7. The van der Waals surface area contributed by atoms with E-state index in [1.165, 1.54) is 39.4 Å². The Morgan fingerprint density at radius 1 is 0.873 bits per heavy atom. The number of hydrogen-bond acceptors (Lipinski definition) is 8. The van der Waals surface area contributed by atoms with Crippen LogP contribution < -0.4 is 10.2 Å². The zero-order valence-corrected chi connectivity index (χ0v) is 42.3. The van der Waals surface area contributed by atoms with Crippen LogP contribution in [-0.2, 0) is 25.2 Å². The Labute approximate surface area is 420 Å². The van der Waals surface area contributed by atoms with E-state index in [4.69, 9.17) is 4.74 Å². The van der Waals surface area contributed by atoms with Crippen molar-refractivity contribution in [2.24, 2.45) is 0 Å². The second-order valence-electron chi connectivity index (χ2n) is 19.5. The van der Waals surface area contributed by atoms with Crippen molar-refractivity contribution in [3.05, 3.63) is 171 Å². The van der Waals surface area contributed by atoms with Crippen molar-refractivity contribution >= 4 is 52.1 Å². The third-order valence-electron chi connectivity index (χ3n) is 14.4. The number of aliphatic carboxylic acids is 1. The number of likely N-dealkylation sites (N-methyl/N-ethyl adjacent to an activating group) is 1. The fourth-order valence-corrected chi connectivity index (χ4v) is 11.6. The van der Waals surface area contributed by atoms with Gasteiger partial charge in [0.25, 0.3) is 5.69 Å². The molecule has 5 aromatic rings. The van der Waals surface area contributed by atoms with Gasteiger partial charge in [0, 0.05) is 77.4 Å². The highest BCUT2D eigenvalue weighted by Crippen LogP contribution is 2.50. The molecule has 2 amide bonds. The van der Waals surface area contributed by atoms with Crippen LogP contribution in [0.5, 0.6) is 0 Å². The van der Waals surface area contributed by atoms with Gasteiger partial charge in [0.15, 0.2) is 5.71 Å². The van der Waals surface area contributed by atoms with Gasteiger partial charge in [-0.1, -0.05) is 86.7 Å². The maximum atomic E-state index is 13.4. The van der Waals surface area contributed by atoms with Gasteiger partial charge in [-0.05, 0) is 122 Å². The van der Waals surface area contributed by atoms with Crippen molar-refractivity contribution in [2.75, 3.05) is 31.6 Å². The Balaban J connectivity index is 0.875. The lowest BCUT2D eigenvalue weighted by atomic mass is 9.80. The number of fused-ring (bicyclic) bond motifs is 5. The molecule has 3 aliphatic rings. The maximum Gasteiger partial charge on any atom is 0.411 e. The van der Waals surface area contributed by atoms with Crippen molar-refractivity contribution in [2.45, 2.75) is 102 Å². The number of benzene rings is 4. The number of nitrogens with zero attached hydrogens (tertiary/aromatic N) is 4. The molecule has 1 unspecified atom stereocenters. The number of methoxy groups -OCH3 is 1. The van der Waals surface area contributed by atoms with E-state index in [0.717, 1.165) is 71.6 Å². The summed E-state index contributed by atoms with van der Waals surface area (Å²) < 4.78 is 7.61. The zero-order chi connectivity index (χ0) is 50.5. The summed E-state index contributed by atoms with van der Waals surface area (Å²) >= 11 is 1.73. The van der Waals surface area contributed by atoms with Crippen LogP contribution in [0.1, 0.15) is 108 Å². The number of unbranched alkanes of at least 4 members (excludes halogenated alkanes) is 3. The van der Waals surface area contributed by atoms with Gasteiger partial charge in [-0.3, -0.25) is 19.8 Å². The highest BCUT2D eigenvalue weighted by Gasteiger charge is 2.45. The van der Waals surface area contributed by atoms with E-state index in [0.29, 0.717) is 25.8 Å². The molecule has 1 aromatic heterocycles. The highest BCUT2D eigenvalue weighted by atomic mass is 32.1. The molecule has 12 nitrogen and oxygen atoms in total. The predicted molar refractivity (Wildman–Crippen MR) is 283 cm³/mol. The van der Waals surface area contributed by atoms with Crippen molar-refractivity contribution in [3.8, 4) is 21.6 Å². The molecule has 0 radical (unpaired) electrons. The molecule has 368 valence electrons. The number of nitro benzene ring substituents is 1. The van der Waals surface area contributed by atoms with Crippen molar-refractivity contribution in [1.82, 2.24) is 10.2 Å². The number of nitro groups is 1. The van der Waals surface area contributed by atoms with Crippen LogP contribution in [0.25, 0.3) is 21.6 Å². The summed E-state index contributed by atoms with van der Waals surface area (Å²) in [6.45, 7) is 12.8. The quantitative estimate of drug-likeness (QED) is 0.0258. The average molecular weight is 975 g/mol. The Morgan fingerprint density at radius 3 is 2.27 bits per heavy atom. The fraction of sp³-hybridized carbons (Fsp3) is 0.345.